The lowest BCUT2D eigenvalue weighted by molar-refractivity contribution is 0.221. The molecule has 0 bridgehead atoms. The average molecular weight is 221 g/mol. The third-order valence-corrected chi connectivity index (χ3v) is 1.83. The molecular weight excluding hydrogens is 206 g/mol. The second-order valence-electron chi connectivity index (χ2n) is 3.34. The first-order valence-electron chi connectivity index (χ1n) is 4.98. The van der Waals surface area contributed by atoms with Gasteiger partial charge in [-0.25, -0.2) is 10.2 Å². The Hall–Kier alpha value is -1.88. The lowest BCUT2D eigenvalue weighted by Gasteiger charge is -2.08. The number of benzene rings is 1. The van der Waals surface area contributed by atoms with Gasteiger partial charge in [0.15, 0.2) is 0 Å². The standard InChI is InChI=1S/C11H15N3O2/c1-9(8-15)13-11(16)14-12-7-10-5-3-2-4-6-10/h2-7,9,15H,8H2,1H3,(H2,13,14,16). The molecule has 0 fully saturated rings. The Bertz CT molecular complexity index is 352. The first kappa shape index (κ1) is 12.2. The third-order valence-electron chi connectivity index (χ3n) is 1.83. The molecule has 0 saturated heterocycles. The van der Waals surface area contributed by atoms with Crippen LogP contribution in [0.5, 0.6) is 0 Å². The van der Waals surface area contributed by atoms with Crippen molar-refractivity contribution in [3.8, 4) is 0 Å². The van der Waals surface area contributed by atoms with Crippen LogP contribution < -0.4 is 10.7 Å². The van der Waals surface area contributed by atoms with Crippen molar-refractivity contribution in [2.45, 2.75) is 13.0 Å². The van der Waals surface area contributed by atoms with E-state index >= 15 is 0 Å². The van der Waals surface area contributed by atoms with E-state index in [9.17, 15) is 4.79 Å². The molecule has 5 heteroatoms. The minimum absolute atomic E-state index is 0.101. The summed E-state index contributed by atoms with van der Waals surface area (Å²) in [6.07, 6.45) is 1.54. The van der Waals surface area contributed by atoms with Gasteiger partial charge in [-0.2, -0.15) is 5.10 Å². The van der Waals surface area contributed by atoms with Crippen LogP contribution in [0.3, 0.4) is 0 Å². The molecule has 0 spiro atoms. The summed E-state index contributed by atoms with van der Waals surface area (Å²) in [4.78, 5) is 11.2. The van der Waals surface area contributed by atoms with Crippen molar-refractivity contribution < 1.29 is 9.90 Å². The molecule has 1 aromatic rings. The van der Waals surface area contributed by atoms with Crippen LogP contribution in [0.2, 0.25) is 0 Å². The van der Waals surface area contributed by atoms with E-state index in [1.165, 1.54) is 0 Å². The number of urea groups is 1. The van der Waals surface area contributed by atoms with Crippen LogP contribution in [0, 0.1) is 0 Å². The second-order valence-corrected chi connectivity index (χ2v) is 3.34. The molecule has 0 aliphatic heterocycles. The zero-order valence-corrected chi connectivity index (χ0v) is 9.05. The van der Waals surface area contributed by atoms with E-state index in [1.807, 2.05) is 30.3 Å². The maximum atomic E-state index is 11.2. The van der Waals surface area contributed by atoms with Gasteiger partial charge in [-0.3, -0.25) is 0 Å². The van der Waals surface area contributed by atoms with Crippen molar-refractivity contribution in [2.24, 2.45) is 5.10 Å². The van der Waals surface area contributed by atoms with Crippen LogP contribution in [0.4, 0.5) is 4.79 Å². The highest BCUT2D eigenvalue weighted by molar-refractivity contribution is 5.81. The number of hydrogen-bond donors (Lipinski definition) is 3. The molecule has 0 aliphatic rings. The van der Waals surface area contributed by atoms with Crippen LogP contribution in [0.1, 0.15) is 12.5 Å². The van der Waals surface area contributed by atoms with E-state index in [4.69, 9.17) is 5.11 Å². The highest BCUT2D eigenvalue weighted by Gasteiger charge is 2.03. The Kier molecular flexibility index (Phi) is 5.01. The quantitative estimate of drug-likeness (QED) is 0.517. The Morgan fingerprint density at radius 3 is 2.81 bits per heavy atom. The molecule has 1 aromatic carbocycles. The van der Waals surface area contributed by atoms with Gasteiger partial charge in [0.2, 0.25) is 0 Å². The fourth-order valence-corrected chi connectivity index (χ4v) is 1.01. The van der Waals surface area contributed by atoms with Crippen LogP contribution >= 0.6 is 0 Å². The van der Waals surface area contributed by atoms with E-state index in [0.29, 0.717) is 0 Å². The molecule has 5 nitrogen and oxygen atoms in total. The Balaban J connectivity index is 2.34. The highest BCUT2D eigenvalue weighted by atomic mass is 16.3. The minimum Gasteiger partial charge on any atom is -0.394 e. The number of rotatable bonds is 4. The van der Waals surface area contributed by atoms with Crippen LogP contribution in [0.25, 0.3) is 0 Å². The highest BCUT2D eigenvalue weighted by Crippen LogP contribution is 1.92. The fourth-order valence-electron chi connectivity index (χ4n) is 1.01. The van der Waals surface area contributed by atoms with E-state index in [2.05, 4.69) is 15.8 Å². The van der Waals surface area contributed by atoms with Gasteiger partial charge in [0, 0.05) is 0 Å². The van der Waals surface area contributed by atoms with Gasteiger partial charge in [0.1, 0.15) is 0 Å². The molecular formula is C11H15N3O2. The van der Waals surface area contributed by atoms with Crippen molar-refractivity contribution in [1.82, 2.24) is 10.7 Å². The number of aliphatic hydroxyl groups is 1. The summed E-state index contributed by atoms with van der Waals surface area (Å²) in [5.41, 5.74) is 3.21. The minimum atomic E-state index is -0.436. The first-order valence-corrected chi connectivity index (χ1v) is 4.98. The fraction of sp³-hybridized carbons (Fsp3) is 0.273. The number of aliphatic hydroxyl groups excluding tert-OH is 1. The smallest absolute Gasteiger partial charge is 0.335 e. The molecule has 0 radical (unpaired) electrons. The van der Waals surface area contributed by atoms with Crippen molar-refractivity contribution in [3.05, 3.63) is 35.9 Å². The van der Waals surface area contributed by atoms with Gasteiger partial charge in [-0.05, 0) is 12.5 Å². The summed E-state index contributed by atoms with van der Waals surface area (Å²) in [7, 11) is 0. The number of nitrogens with zero attached hydrogens (tertiary/aromatic N) is 1. The Morgan fingerprint density at radius 2 is 2.19 bits per heavy atom. The molecule has 0 heterocycles. The van der Waals surface area contributed by atoms with E-state index in [1.54, 1.807) is 13.1 Å². The lowest BCUT2D eigenvalue weighted by Crippen LogP contribution is -2.40. The predicted molar refractivity (Wildman–Crippen MR) is 62.3 cm³/mol. The SMILES string of the molecule is CC(CO)NC(=O)NN=Cc1ccccc1. The van der Waals surface area contributed by atoms with Gasteiger partial charge in [-0.1, -0.05) is 30.3 Å². The normalized spacial score (nSPS) is 12.4. The molecule has 1 atom stereocenters. The van der Waals surface area contributed by atoms with Crippen LogP contribution in [-0.2, 0) is 0 Å². The lowest BCUT2D eigenvalue weighted by atomic mass is 10.2. The summed E-state index contributed by atoms with van der Waals surface area (Å²) in [5, 5.41) is 15.0. The van der Waals surface area contributed by atoms with E-state index in [-0.39, 0.29) is 12.6 Å². The number of hydrogen-bond acceptors (Lipinski definition) is 3. The topological polar surface area (TPSA) is 73.7 Å². The zero-order valence-electron chi connectivity index (χ0n) is 9.05. The summed E-state index contributed by atoms with van der Waals surface area (Å²) in [6.45, 7) is 1.59. The number of nitrogens with one attached hydrogen (secondary N) is 2. The van der Waals surface area contributed by atoms with Gasteiger partial charge in [0.25, 0.3) is 0 Å². The summed E-state index contributed by atoms with van der Waals surface area (Å²) in [6, 6.07) is 8.70. The van der Waals surface area contributed by atoms with Crippen molar-refractivity contribution in [2.75, 3.05) is 6.61 Å². The van der Waals surface area contributed by atoms with Crippen LogP contribution in [0.15, 0.2) is 35.4 Å². The predicted octanol–water partition coefficient (Wildman–Crippen LogP) is 0.700. The monoisotopic (exact) mass is 221 g/mol. The average Bonchev–Trinajstić information content (AvgIpc) is 2.30. The molecule has 3 N–H and O–H groups in total. The largest absolute Gasteiger partial charge is 0.394 e. The second kappa shape index (κ2) is 6.58. The first-order chi connectivity index (χ1) is 7.72. The van der Waals surface area contributed by atoms with Gasteiger partial charge < -0.3 is 10.4 Å². The number of amides is 2. The van der Waals surface area contributed by atoms with Crippen molar-refractivity contribution >= 4 is 12.2 Å². The van der Waals surface area contributed by atoms with Gasteiger partial charge in [0.05, 0.1) is 18.9 Å². The molecule has 0 aliphatic carbocycles. The Labute approximate surface area is 94.2 Å². The zero-order chi connectivity index (χ0) is 11.8. The van der Waals surface area contributed by atoms with Crippen molar-refractivity contribution in [3.63, 3.8) is 0 Å². The van der Waals surface area contributed by atoms with E-state index in [0.717, 1.165) is 5.56 Å². The third kappa shape index (κ3) is 4.56. The molecule has 0 saturated carbocycles. The number of carbonyl (C=O) groups is 1. The van der Waals surface area contributed by atoms with Gasteiger partial charge >= 0.3 is 6.03 Å². The maximum Gasteiger partial charge on any atom is 0.335 e. The molecule has 0 aromatic heterocycles. The maximum absolute atomic E-state index is 11.2. The molecule has 16 heavy (non-hydrogen) atoms. The summed E-state index contributed by atoms with van der Waals surface area (Å²) in [5.74, 6) is 0. The summed E-state index contributed by atoms with van der Waals surface area (Å²) < 4.78 is 0. The molecule has 2 amide bonds. The molecule has 86 valence electrons. The van der Waals surface area contributed by atoms with Gasteiger partial charge in [-0.15, -0.1) is 0 Å². The number of hydrazone groups is 1. The molecule has 1 unspecified atom stereocenters. The van der Waals surface area contributed by atoms with Crippen LogP contribution in [-0.4, -0.2) is 30.0 Å². The van der Waals surface area contributed by atoms with Crippen molar-refractivity contribution in [1.29, 1.82) is 0 Å². The number of carbonyl (C=O) groups excluding carboxylic acids is 1. The molecule has 1 rings (SSSR count). The summed E-state index contributed by atoms with van der Waals surface area (Å²) >= 11 is 0. The van der Waals surface area contributed by atoms with E-state index < -0.39 is 6.03 Å². The Morgan fingerprint density at radius 1 is 1.50 bits per heavy atom.